The van der Waals surface area contributed by atoms with Gasteiger partial charge in [0.25, 0.3) is 5.88 Å². The van der Waals surface area contributed by atoms with Gasteiger partial charge >= 0.3 is 6.09 Å². The van der Waals surface area contributed by atoms with Crippen LogP contribution in [0.5, 0.6) is 5.88 Å². The van der Waals surface area contributed by atoms with E-state index in [1.807, 2.05) is 6.92 Å². The predicted molar refractivity (Wildman–Crippen MR) is 85.0 cm³/mol. The van der Waals surface area contributed by atoms with Crippen LogP contribution < -0.4 is 15.4 Å². The number of carbonyl (C=O) groups is 1. The number of anilines is 3. The summed E-state index contributed by atoms with van der Waals surface area (Å²) in [6.45, 7) is 1.82. The Morgan fingerprint density at radius 3 is 2.83 bits per heavy atom. The van der Waals surface area contributed by atoms with Crippen molar-refractivity contribution in [3.05, 3.63) is 36.0 Å². The fraction of sp³-hybridized carbons (Fsp3) is 0.154. The van der Waals surface area contributed by atoms with E-state index in [4.69, 9.17) is 4.74 Å². The molecule has 0 aliphatic heterocycles. The minimum absolute atomic E-state index is 0.185. The van der Waals surface area contributed by atoms with Gasteiger partial charge in [-0.2, -0.15) is 5.10 Å². The number of ether oxygens (including phenoxy) is 1. The zero-order valence-electron chi connectivity index (χ0n) is 12.3. The molecule has 3 aromatic rings. The molecule has 3 aromatic heterocycles. The molecule has 10 heteroatoms. The maximum Gasteiger partial charge on any atom is 0.419 e. The van der Waals surface area contributed by atoms with Crippen LogP contribution in [0.3, 0.4) is 0 Å². The largest absolute Gasteiger partial charge is 0.419 e. The summed E-state index contributed by atoms with van der Waals surface area (Å²) in [5, 5.41) is 11.0. The Morgan fingerprint density at radius 1 is 1.35 bits per heavy atom. The number of carbonyl (C=O) groups excluding carboxylic acids is 1. The molecule has 0 spiro atoms. The van der Waals surface area contributed by atoms with E-state index >= 15 is 0 Å². The van der Waals surface area contributed by atoms with Gasteiger partial charge in [-0.05, 0) is 6.92 Å². The van der Waals surface area contributed by atoms with Gasteiger partial charge in [0.15, 0.2) is 10.8 Å². The second-order valence-electron chi connectivity index (χ2n) is 4.51. The van der Waals surface area contributed by atoms with Crippen molar-refractivity contribution in [3.8, 4) is 5.88 Å². The van der Waals surface area contributed by atoms with Gasteiger partial charge in [0, 0.05) is 19.3 Å². The van der Waals surface area contributed by atoms with Crippen molar-refractivity contribution in [2.75, 3.05) is 10.6 Å². The zero-order valence-corrected chi connectivity index (χ0v) is 13.2. The Morgan fingerprint density at radius 2 is 2.13 bits per heavy atom. The molecule has 9 nitrogen and oxygen atoms in total. The van der Waals surface area contributed by atoms with Crippen molar-refractivity contribution >= 4 is 33.9 Å². The highest BCUT2D eigenvalue weighted by Gasteiger charge is 2.16. The Bertz CT molecular complexity index is 815. The molecule has 0 aliphatic rings. The average molecular weight is 331 g/mol. The first-order valence-electron chi connectivity index (χ1n) is 6.58. The second-order valence-corrected chi connectivity index (χ2v) is 5.71. The number of hydrogen-bond donors (Lipinski definition) is 2. The van der Waals surface area contributed by atoms with Crippen LogP contribution in [0.1, 0.15) is 5.01 Å². The van der Waals surface area contributed by atoms with E-state index in [1.165, 1.54) is 17.7 Å². The molecule has 0 unspecified atom stereocenters. The normalized spacial score (nSPS) is 10.3. The predicted octanol–water partition coefficient (Wildman–Crippen LogP) is 2.33. The number of rotatable bonds is 4. The highest BCUT2D eigenvalue weighted by atomic mass is 32.1. The zero-order chi connectivity index (χ0) is 16.2. The molecule has 3 rings (SSSR count). The van der Waals surface area contributed by atoms with E-state index in [0.29, 0.717) is 16.5 Å². The summed E-state index contributed by atoms with van der Waals surface area (Å²) in [7, 11) is 1.75. The third-order valence-corrected chi connectivity index (χ3v) is 3.52. The minimum Gasteiger partial charge on any atom is -0.388 e. The molecule has 0 atom stereocenters. The highest BCUT2D eigenvalue weighted by Crippen LogP contribution is 2.33. The molecule has 0 aliphatic carbocycles. The van der Waals surface area contributed by atoms with Gasteiger partial charge in [0.1, 0.15) is 6.33 Å². The molecule has 2 N–H and O–H groups in total. The molecule has 0 aromatic carbocycles. The summed E-state index contributed by atoms with van der Waals surface area (Å²) in [4.78, 5) is 24.0. The van der Waals surface area contributed by atoms with Crippen molar-refractivity contribution in [2.24, 2.45) is 7.05 Å². The van der Waals surface area contributed by atoms with Gasteiger partial charge < -0.3 is 10.1 Å². The maximum atomic E-state index is 11.9. The Balaban J connectivity index is 1.71. The summed E-state index contributed by atoms with van der Waals surface area (Å²) in [6.07, 6.45) is 5.70. The van der Waals surface area contributed by atoms with Gasteiger partial charge in [0.05, 0.1) is 23.1 Å². The van der Waals surface area contributed by atoms with Gasteiger partial charge in [-0.1, -0.05) is 11.3 Å². The molecule has 3 heterocycles. The average Bonchev–Trinajstić information content (AvgIpc) is 3.06. The molecule has 0 fully saturated rings. The molecule has 0 bridgehead atoms. The minimum atomic E-state index is -0.665. The molecule has 0 saturated carbocycles. The Labute approximate surface area is 135 Å². The Kier molecular flexibility index (Phi) is 4.15. The second kappa shape index (κ2) is 6.40. The number of aromatic nitrogens is 5. The lowest BCUT2D eigenvalue weighted by Gasteiger charge is -2.06. The van der Waals surface area contributed by atoms with Crippen molar-refractivity contribution in [1.29, 1.82) is 0 Å². The molecule has 118 valence electrons. The summed E-state index contributed by atoms with van der Waals surface area (Å²) in [5.74, 6) is 0.584. The van der Waals surface area contributed by atoms with Crippen LogP contribution in [0.15, 0.2) is 31.0 Å². The monoisotopic (exact) mass is 331 g/mol. The lowest BCUT2D eigenvalue weighted by molar-refractivity contribution is 0.213. The maximum absolute atomic E-state index is 11.9. The van der Waals surface area contributed by atoms with Crippen molar-refractivity contribution in [3.63, 3.8) is 0 Å². The smallest absolute Gasteiger partial charge is 0.388 e. The SMILES string of the molecule is Cc1nc(OC(=O)Nc2ccn(C)n2)c(Nc2cncnc2)s1. The van der Waals surface area contributed by atoms with Crippen LogP contribution in [0, 0.1) is 6.92 Å². The number of thiazole rings is 1. The number of amides is 1. The van der Waals surface area contributed by atoms with Crippen molar-refractivity contribution in [1.82, 2.24) is 24.7 Å². The van der Waals surface area contributed by atoms with Crippen LogP contribution in [-0.2, 0) is 7.05 Å². The van der Waals surface area contributed by atoms with Gasteiger partial charge in [0.2, 0.25) is 0 Å². The molecular formula is C13H13N7O2S. The summed E-state index contributed by atoms with van der Waals surface area (Å²) >= 11 is 1.36. The van der Waals surface area contributed by atoms with Crippen LogP contribution in [0.4, 0.5) is 21.3 Å². The van der Waals surface area contributed by atoms with Gasteiger partial charge in [-0.15, -0.1) is 0 Å². The molecule has 23 heavy (non-hydrogen) atoms. The molecular weight excluding hydrogens is 318 g/mol. The van der Waals surface area contributed by atoms with E-state index in [-0.39, 0.29) is 5.88 Å². The van der Waals surface area contributed by atoms with E-state index in [1.54, 1.807) is 36.4 Å². The third kappa shape index (κ3) is 3.80. The van der Waals surface area contributed by atoms with Crippen molar-refractivity contribution in [2.45, 2.75) is 6.92 Å². The van der Waals surface area contributed by atoms with E-state index < -0.39 is 6.09 Å². The first kappa shape index (κ1) is 14.9. The van der Waals surface area contributed by atoms with E-state index in [9.17, 15) is 4.79 Å². The summed E-state index contributed by atoms with van der Waals surface area (Å²) < 4.78 is 6.82. The van der Waals surface area contributed by atoms with Crippen LogP contribution in [0.2, 0.25) is 0 Å². The standard InChI is InChI=1S/C13H13N7O2S/c1-8-16-11(12(23-8)17-9-5-14-7-15-6-9)22-13(21)18-10-3-4-20(2)19-10/h3-7,17H,1-2H3,(H,18,19,21). The first-order valence-corrected chi connectivity index (χ1v) is 7.40. The summed E-state index contributed by atoms with van der Waals surface area (Å²) in [5.41, 5.74) is 0.672. The molecule has 0 radical (unpaired) electrons. The van der Waals surface area contributed by atoms with Crippen molar-refractivity contribution < 1.29 is 9.53 Å². The Hall–Kier alpha value is -3.01. The fourth-order valence-electron chi connectivity index (χ4n) is 1.75. The van der Waals surface area contributed by atoms with Crippen LogP contribution in [-0.4, -0.2) is 30.8 Å². The molecule has 1 amide bonds. The number of hydrogen-bond acceptors (Lipinski definition) is 8. The van der Waals surface area contributed by atoms with E-state index in [2.05, 4.69) is 30.7 Å². The van der Waals surface area contributed by atoms with Crippen LogP contribution >= 0.6 is 11.3 Å². The number of nitrogens with zero attached hydrogens (tertiary/aromatic N) is 5. The van der Waals surface area contributed by atoms with Gasteiger partial charge in [-0.25, -0.2) is 19.7 Å². The topological polar surface area (TPSA) is 107 Å². The van der Waals surface area contributed by atoms with Crippen LogP contribution in [0.25, 0.3) is 0 Å². The fourth-order valence-corrected chi connectivity index (χ4v) is 2.52. The number of aryl methyl sites for hydroxylation is 2. The quantitative estimate of drug-likeness (QED) is 0.755. The lowest BCUT2D eigenvalue weighted by atomic mass is 10.5. The summed E-state index contributed by atoms with van der Waals surface area (Å²) in [6, 6.07) is 1.66. The molecule has 0 saturated heterocycles. The third-order valence-electron chi connectivity index (χ3n) is 2.65. The number of nitrogens with one attached hydrogen (secondary N) is 2. The highest BCUT2D eigenvalue weighted by molar-refractivity contribution is 7.16. The first-order chi connectivity index (χ1) is 11.1. The van der Waals surface area contributed by atoms with Gasteiger partial charge in [-0.3, -0.25) is 10.00 Å². The lowest BCUT2D eigenvalue weighted by Crippen LogP contribution is -2.17. The van der Waals surface area contributed by atoms with E-state index in [0.717, 1.165) is 5.01 Å².